The van der Waals surface area contributed by atoms with E-state index >= 15 is 0 Å². The monoisotopic (exact) mass is 305 g/mol. The highest BCUT2D eigenvalue weighted by Crippen LogP contribution is 2.46. The predicted octanol–water partition coefficient (Wildman–Crippen LogP) is 0.353. The summed E-state index contributed by atoms with van der Waals surface area (Å²) < 4.78 is 28.0. The van der Waals surface area contributed by atoms with Crippen LogP contribution in [0.25, 0.3) is 0 Å². The summed E-state index contributed by atoms with van der Waals surface area (Å²) in [6.45, 7) is 5.29. The number of hydrogen-bond donors (Lipinski definition) is 1. The van der Waals surface area contributed by atoms with E-state index in [9.17, 15) is 23.1 Å². The standard InChI is InChI=1S/C12H19NO6S/c1-11(2,3)19-10(16)13-4-8(9(14)15)12(5-13)6-20(17,18)7-12/h8H,4-7H2,1-3H3,(H,14,15). The van der Waals surface area contributed by atoms with E-state index in [2.05, 4.69) is 0 Å². The van der Waals surface area contributed by atoms with Crippen LogP contribution in [0.2, 0.25) is 0 Å². The fourth-order valence-corrected chi connectivity index (χ4v) is 5.15. The minimum absolute atomic E-state index is 0.000231. The molecule has 0 aliphatic carbocycles. The fourth-order valence-electron chi connectivity index (χ4n) is 2.90. The summed E-state index contributed by atoms with van der Waals surface area (Å²) in [6, 6.07) is 0. The molecule has 1 unspecified atom stereocenters. The molecule has 20 heavy (non-hydrogen) atoms. The molecule has 2 aliphatic heterocycles. The predicted molar refractivity (Wildman–Crippen MR) is 70.0 cm³/mol. The van der Waals surface area contributed by atoms with Crippen LogP contribution < -0.4 is 0 Å². The Bertz CT molecular complexity index is 535. The third kappa shape index (κ3) is 2.74. The number of carbonyl (C=O) groups excluding carboxylic acids is 1. The van der Waals surface area contributed by atoms with E-state index in [-0.39, 0.29) is 24.6 Å². The van der Waals surface area contributed by atoms with Crippen molar-refractivity contribution in [1.29, 1.82) is 0 Å². The van der Waals surface area contributed by atoms with Crippen LogP contribution in [0.15, 0.2) is 0 Å². The molecule has 2 fully saturated rings. The smallest absolute Gasteiger partial charge is 0.410 e. The highest BCUT2D eigenvalue weighted by Gasteiger charge is 2.61. The molecule has 0 aromatic carbocycles. The number of sulfone groups is 1. The Labute approximate surface area is 117 Å². The Morgan fingerprint density at radius 3 is 2.25 bits per heavy atom. The molecule has 1 amide bonds. The van der Waals surface area contributed by atoms with Crippen LogP contribution in [0.5, 0.6) is 0 Å². The number of carboxylic acid groups (broad SMARTS) is 1. The minimum atomic E-state index is -3.17. The van der Waals surface area contributed by atoms with Crippen molar-refractivity contribution in [2.45, 2.75) is 26.4 Å². The van der Waals surface area contributed by atoms with E-state index in [0.717, 1.165) is 0 Å². The summed E-state index contributed by atoms with van der Waals surface area (Å²) in [4.78, 5) is 24.6. The van der Waals surface area contributed by atoms with Gasteiger partial charge in [-0.05, 0) is 20.8 Å². The van der Waals surface area contributed by atoms with Crippen LogP contribution in [0, 0.1) is 11.3 Å². The number of amides is 1. The second kappa shape index (κ2) is 4.34. The third-order valence-electron chi connectivity index (χ3n) is 3.61. The fraction of sp³-hybridized carbons (Fsp3) is 0.833. The van der Waals surface area contributed by atoms with Gasteiger partial charge in [-0.3, -0.25) is 4.79 Å². The zero-order chi connectivity index (χ0) is 15.3. The molecule has 0 bridgehead atoms. The number of ether oxygens (including phenoxy) is 1. The number of likely N-dealkylation sites (tertiary alicyclic amines) is 1. The topological polar surface area (TPSA) is 101 Å². The van der Waals surface area contributed by atoms with Crippen molar-refractivity contribution in [3.05, 3.63) is 0 Å². The summed E-state index contributed by atoms with van der Waals surface area (Å²) in [5.41, 5.74) is -1.52. The largest absolute Gasteiger partial charge is 0.481 e. The van der Waals surface area contributed by atoms with Crippen molar-refractivity contribution in [2.75, 3.05) is 24.6 Å². The van der Waals surface area contributed by atoms with E-state index < -0.39 is 38.8 Å². The molecule has 0 aromatic heterocycles. The molecule has 2 heterocycles. The lowest BCUT2D eigenvalue weighted by Gasteiger charge is -2.40. The zero-order valence-corrected chi connectivity index (χ0v) is 12.6. The van der Waals surface area contributed by atoms with Gasteiger partial charge in [0.15, 0.2) is 9.84 Å². The van der Waals surface area contributed by atoms with E-state index in [4.69, 9.17) is 4.74 Å². The van der Waals surface area contributed by atoms with Crippen LogP contribution >= 0.6 is 0 Å². The van der Waals surface area contributed by atoms with Crippen molar-refractivity contribution in [3.63, 3.8) is 0 Å². The first kappa shape index (κ1) is 15.1. The molecule has 0 radical (unpaired) electrons. The van der Waals surface area contributed by atoms with Crippen molar-refractivity contribution in [3.8, 4) is 0 Å². The van der Waals surface area contributed by atoms with E-state index in [0.29, 0.717) is 0 Å². The highest BCUT2D eigenvalue weighted by molar-refractivity contribution is 7.92. The van der Waals surface area contributed by atoms with Gasteiger partial charge in [0, 0.05) is 18.5 Å². The van der Waals surface area contributed by atoms with Gasteiger partial charge in [0.2, 0.25) is 0 Å². The van der Waals surface area contributed by atoms with Crippen LogP contribution in [0.3, 0.4) is 0 Å². The van der Waals surface area contributed by atoms with Gasteiger partial charge in [0.25, 0.3) is 0 Å². The normalized spacial score (nSPS) is 27.1. The maximum atomic E-state index is 12.0. The van der Waals surface area contributed by atoms with E-state index in [1.54, 1.807) is 20.8 Å². The van der Waals surface area contributed by atoms with Gasteiger partial charge in [-0.2, -0.15) is 0 Å². The number of nitrogens with zero attached hydrogens (tertiary/aromatic N) is 1. The lowest BCUT2D eigenvalue weighted by Crippen LogP contribution is -2.55. The van der Waals surface area contributed by atoms with Gasteiger partial charge in [-0.25, -0.2) is 13.2 Å². The summed E-state index contributed by atoms with van der Waals surface area (Å²) in [5, 5.41) is 9.24. The van der Waals surface area contributed by atoms with E-state index in [1.807, 2.05) is 0 Å². The Morgan fingerprint density at radius 2 is 1.85 bits per heavy atom. The molecule has 1 atom stereocenters. The quantitative estimate of drug-likeness (QED) is 0.750. The summed E-state index contributed by atoms with van der Waals surface area (Å²) in [7, 11) is -3.17. The maximum absolute atomic E-state index is 12.0. The summed E-state index contributed by atoms with van der Waals surface area (Å²) >= 11 is 0. The Balaban J connectivity index is 2.14. The molecule has 2 rings (SSSR count). The maximum Gasteiger partial charge on any atom is 0.410 e. The average Bonchev–Trinajstić information content (AvgIpc) is 2.53. The van der Waals surface area contributed by atoms with Crippen LogP contribution in [0.1, 0.15) is 20.8 Å². The molecule has 114 valence electrons. The van der Waals surface area contributed by atoms with Gasteiger partial charge >= 0.3 is 12.1 Å². The average molecular weight is 305 g/mol. The third-order valence-corrected chi connectivity index (χ3v) is 5.64. The molecule has 1 spiro atoms. The molecule has 7 nitrogen and oxygen atoms in total. The van der Waals surface area contributed by atoms with Crippen molar-refractivity contribution in [1.82, 2.24) is 4.90 Å². The Kier molecular flexibility index (Phi) is 3.27. The molecular weight excluding hydrogens is 286 g/mol. The van der Waals surface area contributed by atoms with Crippen molar-refractivity contribution in [2.24, 2.45) is 11.3 Å². The zero-order valence-electron chi connectivity index (χ0n) is 11.7. The van der Waals surface area contributed by atoms with Gasteiger partial charge in [-0.1, -0.05) is 0 Å². The molecule has 2 aliphatic rings. The number of carboxylic acids is 1. The second-order valence-electron chi connectivity index (χ2n) is 6.65. The number of hydrogen-bond acceptors (Lipinski definition) is 5. The first-order valence-electron chi connectivity index (χ1n) is 6.35. The first-order chi connectivity index (χ1) is 8.94. The summed E-state index contributed by atoms with van der Waals surface area (Å²) in [6.07, 6.45) is -0.593. The van der Waals surface area contributed by atoms with Gasteiger partial charge in [0.05, 0.1) is 17.4 Å². The molecule has 2 saturated heterocycles. The Morgan fingerprint density at radius 1 is 1.30 bits per heavy atom. The first-order valence-corrected chi connectivity index (χ1v) is 8.17. The SMILES string of the molecule is CC(C)(C)OC(=O)N1CC(C(=O)O)C2(C1)CS(=O)(=O)C2. The van der Waals surface area contributed by atoms with E-state index in [1.165, 1.54) is 4.90 Å². The van der Waals surface area contributed by atoms with Crippen molar-refractivity contribution < 1.29 is 27.9 Å². The van der Waals surface area contributed by atoms with Crippen molar-refractivity contribution >= 4 is 21.9 Å². The minimum Gasteiger partial charge on any atom is -0.481 e. The summed E-state index contributed by atoms with van der Waals surface area (Å²) in [5.74, 6) is -2.25. The van der Waals surface area contributed by atoms with Gasteiger partial charge in [-0.15, -0.1) is 0 Å². The molecule has 0 saturated carbocycles. The second-order valence-corrected chi connectivity index (χ2v) is 8.71. The highest BCUT2D eigenvalue weighted by atomic mass is 32.2. The van der Waals surface area contributed by atoms with Crippen LogP contribution in [-0.2, 0) is 19.4 Å². The number of rotatable bonds is 1. The Hall–Kier alpha value is -1.31. The number of aliphatic carboxylic acids is 1. The van der Waals surface area contributed by atoms with Crippen LogP contribution in [0.4, 0.5) is 4.79 Å². The molecule has 0 aromatic rings. The lowest BCUT2D eigenvalue weighted by molar-refractivity contribution is -0.144. The molecule has 8 heteroatoms. The lowest BCUT2D eigenvalue weighted by atomic mass is 9.81. The molecule has 1 N–H and O–H groups in total. The van der Waals surface area contributed by atoms with Gasteiger partial charge < -0.3 is 14.7 Å². The number of carbonyl (C=O) groups is 2. The van der Waals surface area contributed by atoms with Gasteiger partial charge in [0.1, 0.15) is 5.60 Å². The van der Waals surface area contributed by atoms with Crippen LogP contribution in [-0.4, -0.2) is 60.7 Å². The molecular formula is C12H19NO6S.